The van der Waals surface area contributed by atoms with Crippen LogP contribution in [0, 0.1) is 0 Å². The lowest BCUT2D eigenvalue weighted by Crippen LogP contribution is -3.12. The number of quaternary nitrogens is 1. The van der Waals surface area contributed by atoms with E-state index in [0.717, 1.165) is 31.9 Å². The summed E-state index contributed by atoms with van der Waals surface area (Å²) >= 11 is 0. The van der Waals surface area contributed by atoms with Crippen molar-refractivity contribution in [2.24, 2.45) is 0 Å². The lowest BCUT2D eigenvalue weighted by molar-refractivity contribution is -0.880. The molecule has 0 unspecified atom stereocenters. The van der Waals surface area contributed by atoms with Crippen molar-refractivity contribution in [2.75, 3.05) is 50.1 Å². The molecule has 28 heavy (non-hydrogen) atoms. The highest BCUT2D eigenvalue weighted by Gasteiger charge is 2.17. The van der Waals surface area contributed by atoms with Crippen LogP contribution in [0.4, 0.5) is 11.4 Å². The number of nitrogens with one attached hydrogen (secondary N) is 2. The Morgan fingerprint density at radius 2 is 1.64 bits per heavy atom. The van der Waals surface area contributed by atoms with Gasteiger partial charge in [0.2, 0.25) is 0 Å². The Labute approximate surface area is 168 Å². The number of benzene rings is 2. The van der Waals surface area contributed by atoms with E-state index in [-0.39, 0.29) is 17.9 Å². The molecule has 0 radical (unpaired) electrons. The summed E-state index contributed by atoms with van der Waals surface area (Å²) in [4.78, 5) is 16.2. The van der Waals surface area contributed by atoms with E-state index in [4.69, 9.17) is 4.74 Å². The molecule has 2 aromatic rings. The van der Waals surface area contributed by atoms with Gasteiger partial charge in [0.05, 0.1) is 33.2 Å². The predicted molar refractivity (Wildman–Crippen MR) is 115 cm³/mol. The Bertz CT molecular complexity index is 771. The third-order valence-electron chi connectivity index (χ3n) is 5.22. The van der Waals surface area contributed by atoms with Gasteiger partial charge in [-0.1, -0.05) is 32.9 Å². The first kappa shape index (κ1) is 20.2. The van der Waals surface area contributed by atoms with Crippen molar-refractivity contribution >= 4 is 17.3 Å². The summed E-state index contributed by atoms with van der Waals surface area (Å²) < 4.78 is 5.61. The van der Waals surface area contributed by atoms with Crippen LogP contribution in [-0.4, -0.2) is 45.7 Å². The molecule has 0 atom stereocenters. The van der Waals surface area contributed by atoms with Crippen molar-refractivity contribution in [2.45, 2.75) is 26.2 Å². The van der Waals surface area contributed by atoms with Gasteiger partial charge in [0.1, 0.15) is 5.75 Å². The summed E-state index contributed by atoms with van der Waals surface area (Å²) in [5.74, 6) is 0.548. The number of ether oxygens (including phenoxy) is 1. The minimum atomic E-state index is -0.157. The average Bonchev–Trinajstić information content (AvgIpc) is 2.67. The fraction of sp³-hybridized carbons (Fsp3) is 0.435. The van der Waals surface area contributed by atoms with E-state index in [9.17, 15) is 4.79 Å². The second kappa shape index (κ2) is 8.65. The van der Waals surface area contributed by atoms with Crippen LogP contribution >= 0.6 is 0 Å². The lowest BCUT2D eigenvalue weighted by Gasteiger charge is -2.31. The maximum absolute atomic E-state index is 12.2. The Balaban J connectivity index is 1.48. The molecule has 150 valence electrons. The third-order valence-corrected chi connectivity index (χ3v) is 5.22. The summed E-state index contributed by atoms with van der Waals surface area (Å²) in [5.41, 5.74) is 3.35. The molecule has 5 nitrogen and oxygen atoms in total. The monoisotopic (exact) mass is 382 g/mol. The topological polar surface area (TPSA) is 46.0 Å². The molecule has 1 aliphatic rings. The van der Waals surface area contributed by atoms with Crippen LogP contribution in [0.2, 0.25) is 0 Å². The molecule has 1 saturated heterocycles. The van der Waals surface area contributed by atoms with Crippen molar-refractivity contribution in [3.05, 3.63) is 54.1 Å². The summed E-state index contributed by atoms with van der Waals surface area (Å²) in [7, 11) is 2.23. The first-order chi connectivity index (χ1) is 13.3. The van der Waals surface area contributed by atoms with Crippen molar-refractivity contribution in [1.29, 1.82) is 0 Å². The van der Waals surface area contributed by atoms with Gasteiger partial charge in [-0.3, -0.25) is 4.79 Å². The summed E-state index contributed by atoms with van der Waals surface area (Å²) in [6.07, 6.45) is 0. The van der Waals surface area contributed by atoms with Crippen LogP contribution in [0.3, 0.4) is 0 Å². The molecular weight excluding hydrogens is 350 g/mol. The van der Waals surface area contributed by atoms with Crippen molar-refractivity contribution in [3.63, 3.8) is 0 Å². The standard InChI is InChI=1S/C23H31N3O2/c1-23(2,3)18-5-11-21(12-6-18)28-17-22(27)24-19-7-9-20(10-8-19)26-15-13-25(4)14-16-26/h5-12H,13-17H2,1-4H3,(H,24,27)/p+1. The molecule has 2 aromatic carbocycles. The Morgan fingerprint density at radius 3 is 2.21 bits per heavy atom. The molecule has 0 aromatic heterocycles. The van der Waals surface area contributed by atoms with Crippen molar-refractivity contribution in [1.82, 2.24) is 0 Å². The highest BCUT2D eigenvalue weighted by molar-refractivity contribution is 5.92. The van der Waals surface area contributed by atoms with Gasteiger partial charge in [-0.05, 0) is 47.4 Å². The third kappa shape index (κ3) is 5.49. The van der Waals surface area contributed by atoms with Crippen LogP contribution < -0.4 is 19.9 Å². The predicted octanol–water partition coefficient (Wildman–Crippen LogP) is 2.34. The van der Waals surface area contributed by atoms with Crippen LogP contribution in [0.5, 0.6) is 5.75 Å². The second-order valence-corrected chi connectivity index (χ2v) is 8.60. The van der Waals surface area contributed by atoms with E-state index in [1.54, 1.807) is 4.90 Å². The highest BCUT2D eigenvalue weighted by Crippen LogP contribution is 2.24. The summed E-state index contributed by atoms with van der Waals surface area (Å²) in [6.45, 7) is 11.0. The average molecular weight is 383 g/mol. The number of carbonyl (C=O) groups is 1. The number of carbonyl (C=O) groups excluding carboxylic acids is 1. The molecule has 0 spiro atoms. The van der Waals surface area contributed by atoms with Crippen molar-refractivity contribution in [3.8, 4) is 5.75 Å². The summed E-state index contributed by atoms with van der Waals surface area (Å²) in [6, 6.07) is 16.0. The fourth-order valence-electron chi connectivity index (χ4n) is 3.30. The fourth-order valence-corrected chi connectivity index (χ4v) is 3.30. The number of amides is 1. The quantitative estimate of drug-likeness (QED) is 0.834. The van der Waals surface area contributed by atoms with E-state index >= 15 is 0 Å². The highest BCUT2D eigenvalue weighted by atomic mass is 16.5. The molecule has 0 aliphatic carbocycles. The smallest absolute Gasteiger partial charge is 0.262 e. The molecule has 0 saturated carbocycles. The SMILES string of the molecule is C[NH+]1CCN(c2ccc(NC(=O)COc3ccc(C(C)(C)C)cc3)cc2)CC1. The number of hydrogen-bond acceptors (Lipinski definition) is 3. The van der Waals surface area contributed by atoms with Gasteiger partial charge < -0.3 is 19.9 Å². The zero-order valence-corrected chi connectivity index (χ0v) is 17.4. The number of hydrogen-bond donors (Lipinski definition) is 2. The van der Waals surface area contributed by atoms with E-state index in [2.05, 4.69) is 50.2 Å². The normalized spacial score (nSPS) is 15.4. The van der Waals surface area contributed by atoms with Crippen LogP contribution in [0.15, 0.2) is 48.5 Å². The van der Waals surface area contributed by atoms with Gasteiger partial charge in [0.25, 0.3) is 5.91 Å². The number of nitrogens with zero attached hydrogens (tertiary/aromatic N) is 1. The van der Waals surface area contributed by atoms with Crippen LogP contribution in [0.25, 0.3) is 0 Å². The molecule has 1 heterocycles. The zero-order valence-electron chi connectivity index (χ0n) is 17.4. The van der Waals surface area contributed by atoms with E-state index in [1.807, 2.05) is 36.4 Å². The lowest BCUT2D eigenvalue weighted by atomic mass is 9.87. The minimum Gasteiger partial charge on any atom is -0.484 e. The number of anilines is 2. The minimum absolute atomic E-state index is 0.00213. The molecule has 0 bridgehead atoms. The molecule has 3 rings (SSSR count). The van der Waals surface area contributed by atoms with E-state index < -0.39 is 0 Å². The van der Waals surface area contributed by atoms with Gasteiger partial charge in [0, 0.05) is 11.4 Å². The maximum Gasteiger partial charge on any atom is 0.262 e. The first-order valence-electron chi connectivity index (χ1n) is 10.0. The Hall–Kier alpha value is -2.53. The van der Waals surface area contributed by atoms with E-state index in [0.29, 0.717) is 5.75 Å². The number of rotatable bonds is 5. The maximum atomic E-state index is 12.2. The van der Waals surface area contributed by atoms with Crippen LogP contribution in [-0.2, 0) is 10.2 Å². The van der Waals surface area contributed by atoms with Crippen molar-refractivity contribution < 1.29 is 14.4 Å². The Morgan fingerprint density at radius 1 is 1.04 bits per heavy atom. The summed E-state index contributed by atoms with van der Waals surface area (Å²) in [5, 5.41) is 2.90. The van der Waals surface area contributed by atoms with Gasteiger partial charge in [-0.2, -0.15) is 0 Å². The molecule has 1 aliphatic heterocycles. The van der Waals surface area contributed by atoms with Gasteiger partial charge >= 0.3 is 0 Å². The first-order valence-corrected chi connectivity index (χ1v) is 10.0. The molecule has 5 heteroatoms. The van der Waals surface area contributed by atoms with Gasteiger partial charge in [0.15, 0.2) is 6.61 Å². The van der Waals surface area contributed by atoms with Crippen LogP contribution in [0.1, 0.15) is 26.3 Å². The molecule has 2 N–H and O–H groups in total. The second-order valence-electron chi connectivity index (χ2n) is 8.60. The zero-order chi connectivity index (χ0) is 20.1. The van der Waals surface area contributed by atoms with E-state index in [1.165, 1.54) is 11.3 Å². The van der Waals surface area contributed by atoms with Gasteiger partial charge in [-0.15, -0.1) is 0 Å². The van der Waals surface area contributed by atoms with Gasteiger partial charge in [-0.25, -0.2) is 0 Å². The molecule has 1 amide bonds. The molecular formula is C23H32N3O2+. The number of piperazine rings is 1. The Kier molecular flexibility index (Phi) is 6.25. The largest absolute Gasteiger partial charge is 0.484 e. The number of likely N-dealkylation sites (N-methyl/N-ethyl adjacent to an activating group) is 1. The molecule has 1 fully saturated rings.